The zero-order valence-electron chi connectivity index (χ0n) is 11.6. The molecule has 2 aromatic carbocycles. The van der Waals surface area contributed by atoms with Crippen molar-refractivity contribution in [3.05, 3.63) is 57.3 Å². The normalized spacial score (nSPS) is 10.7. The molecule has 0 amide bonds. The Balaban J connectivity index is 2.12. The fourth-order valence-corrected chi connectivity index (χ4v) is 2.39. The van der Waals surface area contributed by atoms with Gasteiger partial charge in [0.15, 0.2) is 0 Å². The highest BCUT2D eigenvalue weighted by Crippen LogP contribution is 2.34. The summed E-state index contributed by atoms with van der Waals surface area (Å²) in [6.45, 7) is 3.84. The maximum atomic E-state index is 13.2. The van der Waals surface area contributed by atoms with Crippen LogP contribution in [0.2, 0.25) is 5.02 Å². The van der Waals surface area contributed by atoms with Crippen LogP contribution in [0.5, 0.6) is 11.5 Å². The lowest BCUT2D eigenvalue weighted by Crippen LogP contribution is -2.13. The average Bonchev–Trinajstić information content (AvgIpc) is 2.46. The molecule has 2 aromatic rings. The van der Waals surface area contributed by atoms with Gasteiger partial charge in [0.1, 0.15) is 17.3 Å². The maximum Gasteiger partial charge on any atom is 0.146 e. The molecule has 0 saturated carbocycles. The van der Waals surface area contributed by atoms with E-state index in [4.69, 9.17) is 16.3 Å². The molecule has 0 unspecified atom stereocenters. The molecular formula is C16H16BrClFNO. The lowest BCUT2D eigenvalue weighted by molar-refractivity contribution is 0.473. The van der Waals surface area contributed by atoms with Gasteiger partial charge in [-0.25, -0.2) is 4.39 Å². The van der Waals surface area contributed by atoms with Crippen LogP contribution in [0.4, 0.5) is 4.39 Å². The van der Waals surface area contributed by atoms with Gasteiger partial charge in [0.05, 0.1) is 9.50 Å². The summed E-state index contributed by atoms with van der Waals surface area (Å²) < 4.78 is 19.6. The molecule has 0 bridgehead atoms. The van der Waals surface area contributed by atoms with E-state index >= 15 is 0 Å². The van der Waals surface area contributed by atoms with Gasteiger partial charge < -0.3 is 10.1 Å². The molecule has 21 heavy (non-hydrogen) atoms. The highest BCUT2D eigenvalue weighted by molar-refractivity contribution is 9.10. The summed E-state index contributed by atoms with van der Waals surface area (Å²) >= 11 is 9.55. The number of hydrogen-bond donors (Lipinski definition) is 1. The first-order valence-corrected chi connectivity index (χ1v) is 7.89. The summed E-state index contributed by atoms with van der Waals surface area (Å²) in [4.78, 5) is 0. The molecule has 0 aliphatic carbocycles. The van der Waals surface area contributed by atoms with Crippen molar-refractivity contribution in [2.45, 2.75) is 19.9 Å². The molecule has 0 atom stereocenters. The summed E-state index contributed by atoms with van der Waals surface area (Å²) in [6.07, 6.45) is 1.09. The zero-order chi connectivity index (χ0) is 15.2. The van der Waals surface area contributed by atoms with Crippen molar-refractivity contribution < 1.29 is 9.13 Å². The maximum absolute atomic E-state index is 13.2. The van der Waals surface area contributed by atoms with E-state index < -0.39 is 0 Å². The number of hydrogen-bond acceptors (Lipinski definition) is 2. The van der Waals surface area contributed by atoms with E-state index in [-0.39, 0.29) is 5.82 Å². The Morgan fingerprint density at radius 3 is 2.71 bits per heavy atom. The molecule has 0 aliphatic rings. The zero-order valence-corrected chi connectivity index (χ0v) is 14.0. The fourth-order valence-electron chi connectivity index (χ4n) is 1.82. The standard InChI is InChI=1S/C16H16BrClFNO/c1-2-7-20-10-11-3-6-15(14(18)8-11)21-16-9-12(19)4-5-13(16)17/h3-6,8-9,20H,2,7,10H2,1H3. The molecule has 0 heterocycles. The minimum absolute atomic E-state index is 0.357. The van der Waals surface area contributed by atoms with Crippen LogP contribution in [-0.2, 0) is 6.54 Å². The third-order valence-corrected chi connectivity index (χ3v) is 3.82. The predicted molar refractivity (Wildman–Crippen MR) is 87.6 cm³/mol. The average molecular weight is 373 g/mol. The molecular weight excluding hydrogens is 357 g/mol. The Kier molecular flexibility index (Phi) is 6.03. The van der Waals surface area contributed by atoms with Crippen LogP contribution >= 0.6 is 27.5 Å². The molecule has 112 valence electrons. The summed E-state index contributed by atoms with van der Waals surface area (Å²) in [6, 6.07) is 9.87. The fraction of sp³-hybridized carbons (Fsp3) is 0.250. The van der Waals surface area contributed by atoms with Gasteiger partial charge in [-0.2, -0.15) is 0 Å². The molecule has 2 nitrogen and oxygen atoms in total. The van der Waals surface area contributed by atoms with Crippen LogP contribution in [0.15, 0.2) is 40.9 Å². The third-order valence-electron chi connectivity index (χ3n) is 2.87. The van der Waals surface area contributed by atoms with Gasteiger partial charge in [0.25, 0.3) is 0 Å². The van der Waals surface area contributed by atoms with E-state index in [0.717, 1.165) is 25.1 Å². The van der Waals surface area contributed by atoms with E-state index in [1.165, 1.54) is 12.1 Å². The molecule has 0 spiro atoms. The second-order valence-corrected chi connectivity index (χ2v) is 5.88. The van der Waals surface area contributed by atoms with Crippen LogP contribution < -0.4 is 10.1 Å². The van der Waals surface area contributed by atoms with Crippen LogP contribution in [0.1, 0.15) is 18.9 Å². The monoisotopic (exact) mass is 371 g/mol. The van der Waals surface area contributed by atoms with Gasteiger partial charge in [0, 0.05) is 12.6 Å². The lowest BCUT2D eigenvalue weighted by Gasteiger charge is -2.11. The quantitative estimate of drug-likeness (QED) is 0.673. The van der Waals surface area contributed by atoms with Crippen molar-refractivity contribution in [1.82, 2.24) is 5.32 Å². The molecule has 1 N–H and O–H groups in total. The summed E-state index contributed by atoms with van der Waals surface area (Å²) in [5.74, 6) is 0.542. The van der Waals surface area contributed by atoms with E-state index in [2.05, 4.69) is 28.2 Å². The molecule has 0 aliphatic heterocycles. The minimum Gasteiger partial charge on any atom is -0.455 e. The first-order chi connectivity index (χ1) is 10.1. The van der Waals surface area contributed by atoms with Crippen molar-refractivity contribution in [2.24, 2.45) is 0 Å². The minimum atomic E-state index is -0.357. The molecule has 0 fully saturated rings. The van der Waals surface area contributed by atoms with Crippen molar-refractivity contribution in [3.63, 3.8) is 0 Å². The second-order valence-electron chi connectivity index (χ2n) is 4.62. The Bertz CT molecular complexity index is 621. The Hall–Kier alpha value is -1.10. The topological polar surface area (TPSA) is 21.3 Å². The summed E-state index contributed by atoms with van der Waals surface area (Å²) in [5, 5.41) is 3.81. The first kappa shape index (κ1) is 16.3. The van der Waals surface area contributed by atoms with Crippen LogP contribution in [0.25, 0.3) is 0 Å². The Morgan fingerprint density at radius 1 is 1.19 bits per heavy atom. The van der Waals surface area contributed by atoms with Gasteiger partial charge in [-0.15, -0.1) is 0 Å². The smallest absolute Gasteiger partial charge is 0.146 e. The van der Waals surface area contributed by atoms with Crippen LogP contribution in [-0.4, -0.2) is 6.54 Å². The van der Waals surface area contributed by atoms with Gasteiger partial charge in [-0.1, -0.05) is 24.6 Å². The largest absolute Gasteiger partial charge is 0.455 e. The number of ether oxygens (including phenoxy) is 1. The van der Waals surface area contributed by atoms with E-state index in [0.29, 0.717) is 21.0 Å². The van der Waals surface area contributed by atoms with Crippen molar-refractivity contribution >= 4 is 27.5 Å². The van der Waals surface area contributed by atoms with Gasteiger partial charge >= 0.3 is 0 Å². The van der Waals surface area contributed by atoms with E-state index in [1.807, 2.05) is 12.1 Å². The second kappa shape index (κ2) is 7.78. The number of benzene rings is 2. The molecule has 0 radical (unpaired) electrons. The molecule has 0 saturated heterocycles. The van der Waals surface area contributed by atoms with Crippen LogP contribution in [0.3, 0.4) is 0 Å². The first-order valence-electron chi connectivity index (χ1n) is 6.72. The Morgan fingerprint density at radius 2 is 2.00 bits per heavy atom. The number of halogens is 3. The van der Waals surface area contributed by atoms with Gasteiger partial charge in [0.2, 0.25) is 0 Å². The van der Waals surface area contributed by atoms with Gasteiger partial charge in [-0.3, -0.25) is 0 Å². The predicted octanol–water partition coefficient (Wildman–Crippen LogP) is 5.53. The summed E-state index contributed by atoms with van der Waals surface area (Å²) in [7, 11) is 0. The van der Waals surface area contributed by atoms with E-state index in [9.17, 15) is 4.39 Å². The number of nitrogens with one attached hydrogen (secondary N) is 1. The number of rotatable bonds is 6. The van der Waals surface area contributed by atoms with Crippen molar-refractivity contribution in [1.29, 1.82) is 0 Å². The molecule has 2 rings (SSSR count). The van der Waals surface area contributed by atoms with Gasteiger partial charge in [-0.05, 0) is 58.7 Å². The Labute approximate surface area is 137 Å². The lowest BCUT2D eigenvalue weighted by atomic mass is 10.2. The van der Waals surface area contributed by atoms with Crippen molar-refractivity contribution in [2.75, 3.05) is 6.54 Å². The van der Waals surface area contributed by atoms with E-state index in [1.54, 1.807) is 12.1 Å². The highest BCUT2D eigenvalue weighted by atomic mass is 79.9. The SMILES string of the molecule is CCCNCc1ccc(Oc2cc(F)ccc2Br)c(Cl)c1. The summed E-state index contributed by atoms with van der Waals surface area (Å²) in [5.41, 5.74) is 1.08. The molecule has 5 heteroatoms. The van der Waals surface area contributed by atoms with Crippen LogP contribution in [0, 0.1) is 5.82 Å². The van der Waals surface area contributed by atoms with Crippen molar-refractivity contribution in [3.8, 4) is 11.5 Å². The molecule has 0 aromatic heterocycles. The third kappa shape index (κ3) is 4.70. The highest BCUT2D eigenvalue weighted by Gasteiger charge is 2.08.